The van der Waals surface area contributed by atoms with Gasteiger partial charge in [0, 0.05) is 30.6 Å². The van der Waals surface area contributed by atoms with Crippen molar-refractivity contribution >= 4 is 10.9 Å². The smallest absolute Gasteiger partial charge is 0.158 e. The van der Waals surface area contributed by atoms with E-state index in [-0.39, 0.29) is 12.0 Å². The van der Waals surface area contributed by atoms with Crippen LogP contribution in [0.3, 0.4) is 0 Å². The lowest BCUT2D eigenvalue weighted by Crippen LogP contribution is -2.22. The molecule has 0 aliphatic carbocycles. The SMILES string of the molecule is Oc1ccc2ncc(CCCCc3cncc(COC4CCCCO4)c3)cc2c1. The first kappa shape index (κ1) is 19.8. The van der Waals surface area contributed by atoms with E-state index in [2.05, 4.69) is 22.1 Å². The van der Waals surface area contributed by atoms with Gasteiger partial charge in [-0.05, 0) is 85.9 Å². The summed E-state index contributed by atoms with van der Waals surface area (Å²) in [5, 5.41) is 10.6. The number of rotatable bonds is 8. The Morgan fingerprint density at radius 2 is 1.79 bits per heavy atom. The first-order chi connectivity index (χ1) is 14.3. The number of nitrogens with zero attached hydrogens (tertiary/aromatic N) is 2. The number of aromatic nitrogens is 2. The number of unbranched alkanes of at least 4 members (excludes halogenated alkanes) is 1. The Morgan fingerprint density at radius 1 is 0.966 bits per heavy atom. The normalized spacial score (nSPS) is 16.9. The standard InChI is InChI=1S/C24H28N2O3/c27-22-8-9-23-21(13-22)12-19(16-26-23)6-2-1-5-18-11-20(15-25-14-18)17-29-24-7-3-4-10-28-24/h8-9,11-16,24,27H,1-7,10,17H2. The minimum Gasteiger partial charge on any atom is -0.508 e. The van der Waals surface area contributed by atoms with Crippen molar-refractivity contribution in [2.45, 2.75) is 57.8 Å². The molecule has 1 saturated heterocycles. The highest BCUT2D eigenvalue weighted by Crippen LogP contribution is 2.20. The van der Waals surface area contributed by atoms with Gasteiger partial charge in [-0.1, -0.05) is 6.07 Å². The van der Waals surface area contributed by atoms with Gasteiger partial charge in [-0.15, -0.1) is 0 Å². The van der Waals surface area contributed by atoms with Crippen LogP contribution >= 0.6 is 0 Å². The number of fused-ring (bicyclic) bond motifs is 1. The molecule has 0 spiro atoms. The fraction of sp³-hybridized carbons (Fsp3) is 0.417. The third-order valence-corrected chi connectivity index (χ3v) is 5.33. The second kappa shape index (κ2) is 9.81. The van der Waals surface area contributed by atoms with Crippen molar-refractivity contribution in [2.24, 2.45) is 0 Å². The van der Waals surface area contributed by atoms with E-state index < -0.39 is 0 Å². The second-order valence-corrected chi connectivity index (χ2v) is 7.74. The molecule has 1 aromatic carbocycles. The molecule has 5 nitrogen and oxygen atoms in total. The van der Waals surface area contributed by atoms with Crippen molar-refractivity contribution < 1.29 is 14.6 Å². The molecule has 3 heterocycles. The molecule has 152 valence electrons. The summed E-state index contributed by atoms with van der Waals surface area (Å²) in [5.41, 5.74) is 4.47. The Bertz CT molecular complexity index is 938. The fourth-order valence-corrected chi connectivity index (χ4v) is 3.75. The zero-order chi connectivity index (χ0) is 19.9. The molecule has 3 aromatic rings. The van der Waals surface area contributed by atoms with Crippen LogP contribution in [0.4, 0.5) is 0 Å². The highest BCUT2D eigenvalue weighted by atomic mass is 16.7. The molecule has 1 unspecified atom stereocenters. The first-order valence-electron chi connectivity index (χ1n) is 10.5. The summed E-state index contributed by atoms with van der Waals surface area (Å²) in [6, 6.07) is 9.59. The molecule has 0 radical (unpaired) electrons. The van der Waals surface area contributed by atoms with Crippen LogP contribution in [0.25, 0.3) is 10.9 Å². The quantitative estimate of drug-likeness (QED) is 0.550. The molecule has 0 bridgehead atoms. The summed E-state index contributed by atoms with van der Waals surface area (Å²) < 4.78 is 11.5. The number of benzene rings is 1. The van der Waals surface area contributed by atoms with E-state index in [1.54, 1.807) is 12.1 Å². The van der Waals surface area contributed by atoms with Gasteiger partial charge < -0.3 is 14.6 Å². The van der Waals surface area contributed by atoms with Gasteiger partial charge in [0.05, 0.1) is 12.1 Å². The van der Waals surface area contributed by atoms with Crippen molar-refractivity contribution in [3.8, 4) is 5.75 Å². The van der Waals surface area contributed by atoms with Gasteiger partial charge in [0.25, 0.3) is 0 Å². The molecule has 5 heteroatoms. The van der Waals surface area contributed by atoms with Crippen molar-refractivity contribution in [2.75, 3.05) is 6.61 Å². The number of ether oxygens (including phenoxy) is 2. The molecular weight excluding hydrogens is 364 g/mol. The third kappa shape index (κ3) is 5.75. The summed E-state index contributed by atoms with van der Waals surface area (Å²) in [6.07, 6.45) is 13.1. The molecule has 1 fully saturated rings. The minimum absolute atomic E-state index is 0.0649. The lowest BCUT2D eigenvalue weighted by Gasteiger charge is -2.22. The Kier molecular flexibility index (Phi) is 6.70. The van der Waals surface area contributed by atoms with Crippen LogP contribution in [-0.4, -0.2) is 28.0 Å². The van der Waals surface area contributed by atoms with E-state index in [1.165, 1.54) is 17.5 Å². The van der Waals surface area contributed by atoms with E-state index in [1.807, 2.05) is 24.7 Å². The molecule has 29 heavy (non-hydrogen) atoms. The third-order valence-electron chi connectivity index (χ3n) is 5.33. The molecule has 2 aromatic heterocycles. The molecule has 0 saturated carbocycles. The van der Waals surface area contributed by atoms with Gasteiger partial charge in [-0.2, -0.15) is 0 Å². The van der Waals surface area contributed by atoms with Crippen LogP contribution in [0.5, 0.6) is 5.75 Å². The maximum Gasteiger partial charge on any atom is 0.158 e. The van der Waals surface area contributed by atoms with E-state index in [9.17, 15) is 5.11 Å². The fourth-order valence-electron chi connectivity index (χ4n) is 3.75. The average molecular weight is 392 g/mol. The zero-order valence-corrected chi connectivity index (χ0v) is 16.7. The number of aromatic hydroxyl groups is 1. The number of hydrogen-bond acceptors (Lipinski definition) is 5. The zero-order valence-electron chi connectivity index (χ0n) is 16.7. The molecule has 1 aliphatic heterocycles. The number of aryl methyl sites for hydroxylation is 2. The van der Waals surface area contributed by atoms with E-state index in [4.69, 9.17) is 9.47 Å². The van der Waals surface area contributed by atoms with Crippen LogP contribution in [-0.2, 0) is 28.9 Å². The van der Waals surface area contributed by atoms with Crippen LogP contribution < -0.4 is 0 Å². The Hall–Kier alpha value is -2.50. The molecule has 1 N–H and O–H groups in total. The highest BCUT2D eigenvalue weighted by Gasteiger charge is 2.14. The predicted octanol–water partition coefficient (Wildman–Crippen LogP) is 4.94. The monoisotopic (exact) mass is 392 g/mol. The molecule has 4 rings (SSSR count). The van der Waals surface area contributed by atoms with Crippen molar-refractivity contribution in [1.29, 1.82) is 0 Å². The van der Waals surface area contributed by atoms with E-state index >= 15 is 0 Å². The maximum absolute atomic E-state index is 9.65. The number of phenolic OH excluding ortho intramolecular Hbond substituents is 1. The van der Waals surface area contributed by atoms with Crippen LogP contribution in [0.2, 0.25) is 0 Å². The van der Waals surface area contributed by atoms with Gasteiger partial charge in [-0.25, -0.2) is 0 Å². The van der Waals surface area contributed by atoms with Crippen molar-refractivity contribution in [1.82, 2.24) is 9.97 Å². The minimum atomic E-state index is -0.0649. The first-order valence-corrected chi connectivity index (χ1v) is 10.5. The Labute approximate surface area is 171 Å². The predicted molar refractivity (Wildman–Crippen MR) is 113 cm³/mol. The topological polar surface area (TPSA) is 64.5 Å². The average Bonchev–Trinajstić information content (AvgIpc) is 2.76. The van der Waals surface area contributed by atoms with Gasteiger partial charge in [0.15, 0.2) is 6.29 Å². The van der Waals surface area contributed by atoms with Crippen LogP contribution in [0, 0.1) is 0 Å². The molecule has 1 aliphatic rings. The Balaban J connectivity index is 1.24. The molecule has 0 amide bonds. The van der Waals surface area contributed by atoms with Crippen LogP contribution in [0.15, 0.2) is 48.9 Å². The summed E-state index contributed by atoms with van der Waals surface area (Å²) in [4.78, 5) is 8.86. The largest absolute Gasteiger partial charge is 0.508 e. The van der Waals surface area contributed by atoms with Crippen molar-refractivity contribution in [3.05, 3.63) is 65.6 Å². The van der Waals surface area contributed by atoms with E-state index in [0.717, 1.165) is 61.6 Å². The summed E-state index contributed by atoms with van der Waals surface area (Å²) in [7, 11) is 0. The highest BCUT2D eigenvalue weighted by molar-refractivity contribution is 5.80. The van der Waals surface area contributed by atoms with Crippen LogP contribution in [0.1, 0.15) is 48.8 Å². The molecule has 1 atom stereocenters. The number of pyridine rings is 2. The summed E-state index contributed by atoms with van der Waals surface area (Å²) >= 11 is 0. The summed E-state index contributed by atoms with van der Waals surface area (Å²) in [6.45, 7) is 1.36. The number of phenols is 1. The molecular formula is C24H28N2O3. The lowest BCUT2D eigenvalue weighted by molar-refractivity contribution is -0.168. The number of hydrogen-bond donors (Lipinski definition) is 1. The van der Waals surface area contributed by atoms with Gasteiger partial charge in [0.1, 0.15) is 5.75 Å². The Morgan fingerprint density at radius 3 is 2.62 bits per heavy atom. The van der Waals surface area contributed by atoms with Gasteiger partial charge in [0.2, 0.25) is 0 Å². The maximum atomic E-state index is 9.65. The summed E-state index contributed by atoms with van der Waals surface area (Å²) in [5.74, 6) is 0.280. The van der Waals surface area contributed by atoms with Crippen molar-refractivity contribution in [3.63, 3.8) is 0 Å². The lowest BCUT2D eigenvalue weighted by atomic mass is 10.0. The van der Waals surface area contributed by atoms with Gasteiger partial charge in [-0.3, -0.25) is 9.97 Å². The second-order valence-electron chi connectivity index (χ2n) is 7.74. The van der Waals surface area contributed by atoms with E-state index in [0.29, 0.717) is 6.61 Å². The van der Waals surface area contributed by atoms with Gasteiger partial charge >= 0.3 is 0 Å².